The highest BCUT2D eigenvalue weighted by atomic mass is 35.5. The predicted molar refractivity (Wildman–Crippen MR) is 121 cm³/mol. The van der Waals surface area contributed by atoms with E-state index in [0.717, 1.165) is 11.1 Å². The molecule has 0 aliphatic rings. The SMILES string of the molecule is Cc1cc(OCC(=N)c2cccnc2NC(=O)OC(C)(C)C)c(C(C)(C)C)cc1Cl. The molecule has 0 fully saturated rings. The van der Waals surface area contributed by atoms with Crippen molar-refractivity contribution < 1.29 is 14.3 Å². The van der Waals surface area contributed by atoms with Crippen molar-refractivity contribution in [3.8, 4) is 5.75 Å². The van der Waals surface area contributed by atoms with Crippen molar-refractivity contribution in [2.75, 3.05) is 11.9 Å². The number of halogens is 1. The van der Waals surface area contributed by atoms with Gasteiger partial charge in [0.25, 0.3) is 0 Å². The quantitative estimate of drug-likeness (QED) is 0.557. The van der Waals surface area contributed by atoms with Crippen molar-refractivity contribution in [1.82, 2.24) is 4.98 Å². The number of carbonyl (C=O) groups excluding carboxylic acids is 1. The monoisotopic (exact) mass is 431 g/mol. The van der Waals surface area contributed by atoms with Crippen LogP contribution in [0.5, 0.6) is 5.75 Å². The lowest BCUT2D eigenvalue weighted by molar-refractivity contribution is 0.0635. The van der Waals surface area contributed by atoms with Gasteiger partial charge in [-0.1, -0.05) is 32.4 Å². The minimum Gasteiger partial charge on any atom is -0.487 e. The van der Waals surface area contributed by atoms with Crippen LogP contribution in [0.4, 0.5) is 10.6 Å². The van der Waals surface area contributed by atoms with Crippen LogP contribution in [0, 0.1) is 12.3 Å². The maximum Gasteiger partial charge on any atom is 0.413 e. The summed E-state index contributed by atoms with van der Waals surface area (Å²) in [5.74, 6) is 0.934. The fraction of sp³-hybridized carbons (Fsp3) is 0.435. The molecule has 0 aliphatic heterocycles. The van der Waals surface area contributed by atoms with Gasteiger partial charge >= 0.3 is 6.09 Å². The lowest BCUT2D eigenvalue weighted by atomic mass is 9.86. The van der Waals surface area contributed by atoms with Crippen molar-refractivity contribution in [2.45, 2.75) is 59.5 Å². The maximum absolute atomic E-state index is 12.1. The van der Waals surface area contributed by atoms with E-state index >= 15 is 0 Å². The van der Waals surface area contributed by atoms with Crippen molar-refractivity contribution in [3.05, 3.63) is 52.2 Å². The minimum atomic E-state index is -0.633. The Morgan fingerprint density at radius 2 is 1.87 bits per heavy atom. The van der Waals surface area contributed by atoms with Crippen LogP contribution in [0.1, 0.15) is 58.2 Å². The van der Waals surface area contributed by atoms with Gasteiger partial charge in [-0.3, -0.25) is 5.32 Å². The van der Waals surface area contributed by atoms with E-state index in [-0.39, 0.29) is 23.6 Å². The number of amides is 1. The summed E-state index contributed by atoms with van der Waals surface area (Å²) in [6.45, 7) is 13.5. The predicted octanol–water partition coefficient (Wildman–Crippen LogP) is 6.13. The number of pyridine rings is 1. The average Bonchev–Trinajstić information content (AvgIpc) is 2.60. The van der Waals surface area contributed by atoms with Gasteiger partial charge in [0.15, 0.2) is 0 Å². The molecule has 0 atom stereocenters. The Kier molecular flexibility index (Phi) is 7.14. The minimum absolute atomic E-state index is 0.0127. The smallest absolute Gasteiger partial charge is 0.413 e. The molecule has 2 rings (SSSR count). The fourth-order valence-corrected chi connectivity index (χ4v) is 2.90. The number of aromatic nitrogens is 1. The third kappa shape index (κ3) is 6.46. The summed E-state index contributed by atoms with van der Waals surface area (Å²) >= 11 is 6.31. The zero-order chi connectivity index (χ0) is 22.7. The molecule has 0 spiro atoms. The summed E-state index contributed by atoms with van der Waals surface area (Å²) in [5.41, 5.74) is 1.70. The normalized spacial score (nSPS) is 11.7. The van der Waals surface area contributed by atoms with Crippen LogP contribution in [0.15, 0.2) is 30.5 Å². The van der Waals surface area contributed by atoms with Crippen LogP contribution < -0.4 is 10.1 Å². The summed E-state index contributed by atoms with van der Waals surface area (Å²) < 4.78 is 11.3. The van der Waals surface area contributed by atoms with E-state index in [1.807, 2.05) is 19.1 Å². The highest BCUT2D eigenvalue weighted by Crippen LogP contribution is 2.35. The van der Waals surface area contributed by atoms with Crippen LogP contribution in [0.2, 0.25) is 5.02 Å². The van der Waals surface area contributed by atoms with E-state index in [9.17, 15) is 4.79 Å². The molecule has 1 aromatic heterocycles. The Bertz CT molecular complexity index is 944. The standard InChI is InChI=1S/C23H30ClN3O3/c1-14-11-19(16(12-17(14)24)22(2,3)4)29-13-18(25)15-9-8-10-26-20(15)27-21(28)30-23(5,6)7/h8-12,25H,13H2,1-7H3,(H,26,27,28). The maximum atomic E-state index is 12.1. The molecule has 7 heteroatoms. The third-order valence-electron chi connectivity index (χ3n) is 4.19. The fourth-order valence-electron chi connectivity index (χ4n) is 2.74. The molecule has 1 aromatic carbocycles. The Morgan fingerprint density at radius 1 is 1.20 bits per heavy atom. The van der Waals surface area contributed by atoms with Crippen molar-refractivity contribution in [1.29, 1.82) is 5.41 Å². The summed E-state index contributed by atoms with van der Waals surface area (Å²) in [5, 5.41) is 11.8. The van der Waals surface area contributed by atoms with Gasteiger partial charge < -0.3 is 14.9 Å². The molecule has 6 nitrogen and oxygen atoms in total. The second-order valence-electron chi connectivity index (χ2n) is 9.14. The number of hydrogen-bond donors (Lipinski definition) is 2. The van der Waals surface area contributed by atoms with E-state index in [0.29, 0.717) is 16.3 Å². The van der Waals surface area contributed by atoms with E-state index in [4.69, 9.17) is 26.5 Å². The lowest BCUT2D eigenvalue weighted by Gasteiger charge is -2.24. The first-order valence-corrected chi connectivity index (χ1v) is 10.1. The molecule has 0 unspecified atom stereocenters. The zero-order valence-corrected chi connectivity index (χ0v) is 19.4. The summed E-state index contributed by atoms with van der Waals surface area (Å²) in [4.78, 5) is 16.3. The van der Waals surface area contributed by atoms with Gasteiger partial charge in [0, 0.05) is 22.3 Å². The Balaban J connectivity index is 2.21. The van der Waals surface area contributed by atoms with Crippen LogP contribution in [0.3, 0.4) is 0 Å². The second kappa shape index (κ2) is 9.04. The molecule has 0 saturated carbocycles. The number of benzene rings is 1. The first-order valence-electron chi connectivity index (χ1n) is 9.74. The van der Waals surface area contributed by atoms with Gasteiger partial charge in [0.2, 0.25) is 0 Å². The van der Waals surface area contributed by atoms with Crippen LogP contribution in [0.25, 0.3) is 0 Å². The first-order chi connectivity index (χ1) is 13.8. The number of anilines is 1. The van der Waals surface area contributed by atoms with E-state index in [1.54, 1.807) is 39.1 Å². The number of ether oxygens (including phenoxy) is 2. The van der Waals surface area contributed by atoms with Crippen molar-refractivity contribution in [3.63, 3.8) is 0 Å². The molecule has 0 saturated heterocycles. The van der Waals surface area contributed by atoms with Crippen molar-refractivity contribution in [2.24, 2.45) is 0 Å². The second-order valence-corrected chi connectivity index (χ2v) is 9.55. The van der Waals surface area contributed by atoms with Gasteiger partial charge in [0.1, 0.15) is 23.8 Å². The molecule has 30 heavy (non-hydrogen) atoms. The van der Waals surface area contributed by atoms with Crippen LogP contribution in [-0.2, 0) is 10.2 Å². The highest BCUT2D eigenvalue weighted by Gasteiger charge is 2.22. The number of carbonyl (C=O) groups is 1. The Morgan fingerprint density at radius 3 is 2.47 bits per heavy atom. The average molecular weight is 432 g/mol. The van der Waals surface area contributed by atoms with Crippen LogP contribution in [-0.4, -0.2) is 29.0 Å². The molecule has 0 radical (unpaired) electrons. The van der Waals surface area contributed by atoms with Crippen molar-refractivity contribution >= 4 is 29.2 Å². The lowest BCUT2D eigenvalue weighted by Crippen LogP contribution is -2.28. The zero-order valence-electron chi connectivity index (χ0n) is 18.6. The number of rotatable bonds is 5. The van der Waals surface area contributed by atoms with Crippen LogP contribution >= 0.6 is 11.6 Å². The molecule has 162 valence electrons. The molecular formula is C23H30ClN3O3. The van der Waals surface area contributed by atoms with Gasteiger partial charge in [-0.25, -0.2) is 9.78 Å². The topological polar surface area (TPSA) is 84.3 Å². The summed E-state index contributed by atoms with van der Waals surface area (Å²) in [6, 6.07) is 7.22. The Hall–Kier alpha value is -2.60. The summed E-state index contributed by atoms with van der Waals surface area (Å²) in [6.07, 6.45) is 0.921. The first kappa shape index (κ1) is 23.7. The van der Waals surface area contributed by atoms with Gasteiger partial charge in [-0.2, -0.15) is 0 Å². The summed E-state index contributed by atoms with van der Waals surface area (Å²) in [7, 11) is 0. The number of nitrogens with one attached hydrogen (secondary N) is 2. The highest BCUT2D eigenvalue weighted by molar-refractivity contribution is 6.31. The van der Waals surface area contributed by atoms with E-state index < -0.39 is 11.7 Å². The molecule has 1 amide bonds. The molecular weight excluding hydrogens is 402 g/mol. The number of nitrogens with zero attached hydrogens (tertiary/aromatic N) is 1. The third-order valence-corrected chi connectivity index (χ3v) is 4.60. The van der Waals surface area contributed by atoms with E-state index in [2.05, 4.69) is 31.1 Å². The van der Waals surface area contributed by atoms with E-state index in [1.165, 1.54) is 0 Å². The number of hydrogen-bond acceptors (Lipinski definition) is 5. The molecule has 2 N–H and O–H groups in total. The van der Waals surface area contributed by atoms with Gasteiger partial charge in [0.05, 0.1) is 5.71 Å². The largest absolute Gasteiger partial charge is 0.487 e. The number of aryl methyl sites for hydroxylation is 1. The van der Waals surface area contributed by atoms with Gasteiger partial charge in [-0.15, -0.1) is 0 Å². The van der Waals surface area contributed by atoms with Gasteiger partial charge in [-0.05, 0) is 62.9 Å². The molecule has 2 aromatic rings. The molecule has 0 aliphatic carbocycles. The molecule has 1 heterocycles. The molecule has 0 bridgehead atoms. The Labute approximate surface area is 183 Å².